The number of hydrogen-bond donors (Lipinski definition) is 0. The first-order chi connectivity index (χ1) is 9.17. The fraction of sp³-hybridized carbons (Fsp3) is 0.0833. The summed E-state index contributed by atoms with van der Waals surface area (Å²) >= 11 is 4.61. The second-order valence-corrected chi connectivity index (χ2v) is 5.28. The van der Waals surface area contributed by atoms with Crippen molar-refractivity contribution in [3.63, 3.8) is 0 Å². The van der Waals surface area contributed by atoms with Gasteiger partial charge in [-0.15, -0.1) is 11.3 Å². The minimum atomic E-state index is -0.575. The topological polar surface area (TPSA) is 75.1 Å². The number of hydrogen-bond acceptors (Lipinski definition) is 3. The molecule has 1 heterocycles. The van der Waals surface area contributed by atoms with Crippen LogP contribution in [-0.4, -0.2) is 13.0 Å². The Balaban J connectivity index is 2.51. The molecule has 0 saturated carbocycles. The van der Waals surface area contributed by atoms with E-state index in [2.05, 4.69) is 26.0 Å². The van der Waals surface area contributed by atoms with Crippen molar-refractivity contribution < 1.29 is 9.53 Å². The minimum absolute atomic E-state index is 0.419. The highest BCUT2D eigenvalue weighted by molar-refractivity contribution is 9.10. The molecule has 1 aromatic carbocycles. The summed E-state index contributed by atoms with van der Waals surface area (Å²) in [6.45, 7) is 0. The lowest BCUT2D eigenvalue weighted by molar-refractivity contribution is 0.100. The van der Waals surface area contributed by atoms with Crippen LogP contribution in [0.5, 0.6) is 5.75 Å². The number of benzene rings is 1. The maximum Gasteiger partial charge on any atom is 0.259 e. The molecule has 0 N–H and O–H groups in total. The van der Waals surface area contributed by atoms with Gasteiger partial charge in [0, 0.05) is 10.5 Å². The van der Waals surface area contributed by atoms with E-state index in [4.69, 9.17) is 10.3 Å². The van der Waals surface area contributed by atoms with Crippen LogP contribution in [0, 0.1) is 0 Å². The first-order valence-corrected chi connectivity index (χ1v) is 6.85. The van der Waals surface area contributed by atoms with Crippen LogP contribution in [0.15, 0.2) is 39.2 Å². The third kappa shape index (κ3) is 2.78. The highest BCUT2D eigenvalue weighted by atomic mass is 79.9. The number of methoxy groups -OCH3 is 1. The van der Waals surface area contributed by atoms with E-state index < -0.39 is 5.91 Å². The largest absolute Gasteiger partial charge is 0.496 e. The Morgan fingerprint density at radius 3 is 2.95 bits per heavy atom. The van der Waals surface area contributed by atoms with Crippen molar-refractivity contribution in [2.75, 3.05) is 7.11 Å². The van der Waals surface area contributed by atoms with Crippen LogP contribution in [-0.2, 0) is 0 Å². The van der Waals surface area contributed by atoms with Crippen LogP contribution in [0.4, 0.5) is 0 Å². The SMILES string of the molecule is COc1cc(-c2ccsc2C(=O)N=[N+]=[N-])ccc1Br. The summed E-state index contributed by atoms with van der Waals surface area (Å²) in [7, 11) is 1.57. The second-order valence-electron chi connectivity index (χ2n) is 3.51. The third-order valence-corrected chi connectivity index (χ3v) is 4.01. The lowest BCUT2D eigenvalue weighted by Crippen LogP contribution is -1.92. The second kappa shape index (κ2) is 5.88. The zero-order chi connectivity index (χ0) is 13.8. The van der Waals surface area contributed by atoms with E-state index in [0.717, 1.165) is 15.6 Å². The van der Waals surface area contributed by atoms with Crippen molar-refractivity contribution in [3.05, 3.63) is 49.4 Å². The third-order valence-electron chi connectivity index (χ3n) is 2.46. The maximum absolute atomic E-state index is 11.7. The molecule has 0 aliphatic carbocycles. The Labute approximate surface area is 121 Å². The zero-order valence-corrected chi connectivity index (χ0v) is 12.2. The van der Waals surface area contributed by atoms with E-state index in [-0.39, 0.29) is 0 Å². The zero-order valence-electron chi connectivity index (χ0n) is 9.83. The van der Waals surface area contributed by atoms with E-state index in [9.17, 15) is 4.79 Å². The number of carbonyl (C=O) groups excluding carboxylic acids is 1. The van der Waals surface area contributed by atoms with Gasteiger partial charge in [-0.05, 0) is 55.7 Å². The molecule has 2 rings (SSSR count). The maximum atomic E-state index is 11.7. The van der Waals surface area contributed by atoms with Gasteiger partial charge in [-0.3, -0.25) is 4.79 Å². The van der Waals surface area contributed by atoms with Crippen molar-refractivity contribution in [1.82, 2.24) is 0 Å². The quantitative estimate of drug-likeness (QED) is 0.464. The number of ether oxygens (including phenoxy) is 1. The van der Waals surface area contributed by atoms with Gasteiger partial charge in [0.1, 0.15) is 5.75 Å². The standard InChI is InChI=1S/C12H8BrN3O2S/c1-18-10-6-7(2-3-9(10)13)8-4-5-19-11(8)12(17)15-16-14/h2-6H,1H3. The number of azide groups is 1. The molecule has 0 aliphatic heterocycles. The molecule has 0 atom stereocenters. The Morgan fingerprint density at radius 1 is 1.47 bits per heavy atom. The molecule has 0 spiro atoms. The first kappa shape index (κ1) is 13.6. The van der Waals surface area contributed by atoms with Crippen LogP contribution in [0.1, 0.15) is 9.67 Å². The molecule has 2 aromatic rings. The average molecular weight is 338 g/mol. The number of thiophene rings is 1. The van der Waals surface area contributed by atoms with Gasteiger partial charge in [0.2, 0.25) is 0 Å². The molecule has 0 radical (unpaired) electrons. The van der Waals surface area contributed by atoms with Gasteiger partial charge in [0.25, 0.3) is 5.91 Å². The van der Waals surface area contributed by atoms with E-state index in [0.29, 0.717) is 10.6 Å². The Kier molecular flexibility index (Phi) is 4.21. The Morgan fingerprint density at radius 2 is 2.26 bits per heavy atom. The van der Waals surface area contributed by atoms with Crippen LogP contribution in [0.25, 0.3) is 21.6 Å². The molecule has 96 valence electrons. The predicted octanol–water partition coefficient (Wildman–Crippen LogP) is 4.64. The summed E-state index contributed by atoms with van der Waals surface area (Å²) in [4.78, 5) is 14.6. The van der Waals surface area contributed by atoms with E-state index in [1.54, 1.807) is 12.5 Å². The molecule has 0 aliphatic rings. The van der Waals surface area contributed by atoms with Crippen LogP contribution >= 0.6 is 27.3 Å². The highest BCUT2D eigenvalue weighted by Crippen LogP contribution is 2.34. The summed E-state index contributed by atoms with van der Waals surface area (Å²) in [5.74, 6) is 0.0975. The lowest BCUT2D eigenvalue weighted by atomic mass is 10.1. The number of halogens is 1. The highest BCUT2D eigenvalue weighted by Gasteiger charge is 2.14. The minimum Gasteiger partial charge on any atom is -0.496 e. The van der Waals surface area contributed by atoms with E-state index in [1.807, 2.05) is 24.3 Å². The fourth-order valence-electron chi connectivity index (χ4n) is 1.62. The molecular formula is C12H8BrN3O2S. The van der Waals surface area contributed by atoms with E-state index >= 15 is 0 Å². The van der Waals surface area contributed by atoms with Gasteiger partial charge >= 0.3 is 0 Å². The van der Waals surface area contributed by atoms with Crippen molar-refractivity contribution in [3.8, 4) is 16.9 Å². The fourth-order valence-corrected chi connectivity index (χ4v) is 2.82. The molecule has 7 heteroatoms. The first-order valence-electron chi connectivity index (χ1n) is 5.18. The van der Waals surface area contributed by atoms with Gasteiger partial charge in [0.15, 0.2) is 0 Å². The van der Waals surface area contributed by atoms with Crippen molar-refractivity contribution >= 4 is 33.2 Å². The number of nitrogens with zero attached hydrogens (tertiary/aromatic N) is 3. The van der Waals surface area contributed by atoms with Crippen molar-refractivity contribution in [1.29, 1.82) is 0 Å². The predicted molar refractivity (Wildman–Crippen MR) is 77.5 cm³/mol. The summed E-state index contributed by atoms with van der Waals surface area (Å²) in [5.41, 5.74) is 9.89. The van der Waals surface area contributed by atoms with E-state index in [1.165, 1.54) is 11.3 Å². The van der Waals surface area contributed by atoms with Crippen LogP contribution < -0.4 is 4.74 Å². The summed E-state index contributed by atoms with van der Waals surface area (Å²) < 4.78 is 6.05. The van der Waals surface area contributed by atoms with Gasteiger partial charge in [0.05, 0.1) is 16.5 Å². The molecule has 5 nitrogen and oxygen atoms in total. The van der Waals surface area contributed by atoms with Gasteiger partial charge in [-0.1, -0.05) is 6.07 Å². The number of carbonyl (C=O) groups is 1. The van der Waals surface area contributed by atoms with Gasteiger partial charge in [-0.25, -0.2) is 0 Å². The smallest absolute Gasteiger partial charge is 0.259 e. The molecule has 0 saturated heterocycles. The number of amides is 1. The summed E-state index contributed by atoms with van der Waals surface area (Å²) in [5, 5.41) is 4.91. The van der Waals surface area contributed by atoms with Crippen LogP contribution in [0.3, 0.4) is 0 Å². The van der Waals surface area contributed by atoms with Crippen LogP contribution in [0.2, 0.25) is 0 Å². The number of rotatable bonds is 3. The molecule has 0 unspecified atom stereocenters. The Bertz CT molecular complexity index is 677. The summed E-state index contributed by atoms with van der Waals surface area (Å²) in [6, 6.07) is 7.33. The van der Waals surface area contributed by atoms with Crippen molar-refractivity contribution in [2.45, 2.75) is 0 Å². The molecule has 1 aromatic heterocycles. The molecule has 0 fully saturated rings. The van der Waals surface area contributed by atoms with Gasteiger partial charge < -0.3 is 4.74 Å². The van der Waals surface area contributed by atoms with Gasteiger partial charge in [-0.2, -0.15) is 0 Å². The average Bonchev–Trinajstić information content (AvgIpc) is 2.89. The Hall–Kier alpha value is -1.82. The molecule has 1 amide bonds. The summed E-state index contributed by atoms with van der Waals surface area (Å²) in [6.07, 6.45) is 0. The monoisotopic (exact) mass is 337 g/mol. The van der Waals surface area contributed by atoms with Crippen molar-refractivity contribution in [2.24, 2.45) is 5.11 Å². The molecular weight excluding hydrogens is 330 g/mol. The molecule has 19 heavy (non-hydrogen) atoms. The molecule has 0 bridgehead atoms. The lowest BCUT2D eigenvalue weighted by Gasteiger charge is -2.06. The normalized spacial score (nSPS) is 9.79.